The van der Waals surface area contributed by atoms with Crippen molar-refractivity contribution in [3.05, 3.63) is 64.7 Å². The van der Waals surface area contributed by atoms with Gasteiger partial charge in [0.05, 0.1) is 13.2 Å². The van der Waals surface area contributed by atoms with E-state index in [9.17, 15) is 0 Å². The summed E-state index contributed by atoms with van der Waals surface area (Å²) < 4.78 is 5.44. The molecule has 0 aliphatic heterocycles. The summed E-state index contributed by atoms with van der Waals surface area (Å²) in [6.45, 7) is 6.50. The highest BCUT2D eigenvalue weighted by molar-refractivity contribution is 5.41. The van der Waals surface area contributed by atoms with Crippen molar-refractivity contribution in [2.75, 3.05) is 14.2 Å². The number of hydrogen-bond acceptors (Lipinski definition) is 2. The number of aryl methyl sites for hydroxylation is 1. The minimum Gasteiger partial charge on any atom is -0.496 e. The molecule has 2 heteroatoms. The molecule has 2 nitrogen and oxygen atoms in total. The molecule has 1 N–H and O–H groups in total. The smallest absolute Gasteiger partial charge is 0.122 e. The van der Waals surface area contributed by atoms with Crippen LogP contribution in [-0.2, 0) is 0 Å². The standard InChI is InChI=1S/C19H25NO/c1-13(2)15-8-10-16(11-9-15)19(20-4)17-7-6-14(3)18(12-17)21-5/h6-13,19-20H,1-5H3. The molecule has 0 spiro atoms. The van der Waals surface area contributed by atoms with Gasteiger partial charge in [-0.15, -0.1) is 0 Å². The van der Waals surface area contributed by atoms with Crippen molar-refractivity contribution in [1.82, 2.24) is 5.32 Å². The Kier molecular flexibility index (Phi) is 5.03. The van der Waals surface area contributed by atoms with Crippen LogP contribution in [-0.4, -0.2) is 14.2 Å². The van der Waals surface area contributed by atoms with Gasteiger partial charge in [0.15, 0.2) is 0 Å². The molecule has 0 aliphatic rings. The Labute approximate surface area is 128 Å². The average molecular weight is 283 g/mol. The summed E-state index contributed by atoms with van der Waals surface area (Å²) in [4.78, 5) is 0. The summed E-state index contributed by atoms with van der Waals surface area (Å²) in [6, 6.07) is 15.4. The molecule has 0 heterocycles. The van der Waals surface area contributed by atoms with Crippen molar-refractivity contribution >= 4 is 0 Å². The molecule has 0 amide bonds. The highest BCUT2D eigenvalue weighted by atomic mass is 16.5. The Morgan fingerprint density at radius 2 is 1.48 bits per heavy atom. The van der Waals surface area contributed by atoms with E-state index in [4.69, 9.17) is 4.74 Å². The first-order valence-corrected chi connectivity index (χ1v) is 7.48. The lowest BCUT2D eigenvalue weighted by atomic mass is 9.94. The van der Waals surface area contributed by atoms with Crippen LogP contribution in [0.5, 0.6) is 5.75 Å². The van der Waals surface area contributed by atoms with Crippen LogP contribution in [0.25, 0.3) is 0 Å². The first kappa shape index (κ1) is 15.6. The highest BCUT2D eigenvalue weighted by Gasteiger charge is 2.13. The molecule has 21 heavy (non-hydrogen) atoms. The third kappa shape index (κ3) is 3.45. The number of ether oxygens (including phenoxy) is 1. The fraction of sp³-hybridized carbons (Fsp3) is 0.368. The van der Waals surface area contributed by atoms with E-state index in [0.29, 0.717) is 5.92 Å². The second-order valence-corrected chi connectivity index (χ2v) is 5.77. The van der Waals surface area contributed by atoms with Gasteiger partial charge >= 0.3 is 0 Å². The van der Waals surface area contributed by atoms with Gasteiger partial charge in [-0.1, -0.05) is 50.2 Å². The molecular formula is C19H25NO. The predicted molar refractivity (Wildman–Crippen MR) is 89.2 cm³/mol. The van der Waals surface area contributed by atoms with Crippen molar-refractivity contribution in [3.8, 4) is 5.75 Å². The van der Waals surface area contributed by atoms with Gasteiger partial charge in [-0.2, -0.15) is 0 Å². The molecule has 0 aliphatic carbocycles. The van der Waals surface area contributed by atoms with Gasteiger partial charge in [-0.3, -0.25) is 0 Å². The van der Waals surface area contributed by atoms with E-state index in [0.717, 1.165) is 11.3 Å². The number of rotatable bonds is 5. The van der Waals surface area contributed by atoms with Gasteiger partial charge < -0.3 is 10.1 Å². The molecule has 2 aromatic rings. The molecule has 1 atom stereocenters. The Balaban J connectivity index is 2.34. The first-order chi connectivity index (χ1) is 10.1. The molecule has 0 radical (unpaired) electrons. The fourth-order valence-corrected chi connectivity index (χ4v) is 2.62. The normalized spacial score (nSPS) is 12.5. The summed E-state index contributed by atoms with van der Waals surface area (Å²) in [7, 11) is 3.71. The van der Waals surface area contributed by atoms with E-state index < -0.39 is 0 Å². The molecule has 2 rings (SSSR count). The van der Waals surface area contributed by atoms with Crippen LogP contribution < -0.4 is 10.1 Å². The number of nitrogens with one attached hydrogen (secondary N) is 1. The number of benzene rings is 2. The Bertz CT molecular complexity index is 587. The van der Waals surface area contributed by atoms with Crippen LogP contribution in [0.4, 0.5) is 0 Å². The summed E-state index contributed by atoms with van der Waals surface area (Å²) in [5.74, 6) is 1.50. The lowest BCUT2D eigenvalue weighted by Crippen LogP contribution is -2.17. The molecule has 0 saturated carbocycles. The number of hydrogen-bond donors (Lipinski definition) is 1. The lowest BCUT2D eigenvalue weighted by Gasteiger charge is -2.19. The summed E-state index contributed by atoms with van der Waals surface area (Å²) in [5, 5.41) is 3.40. The van der Waals surface area contributed by atoms with Gasteiger partial charge in [0.2, 0.25) is 0 Å². The summed E-state index contributed by atoms with van der Waals surface area (Å²) >= 11 is 0. The molecule has 0 saturated heterocycles. The Morgan fingerprint density at radius 1 is 0.905 bits per heavy atom. The maximum atomic E-state index is 5.44. The molecule has 0 aromatic heterocycles. The highest BCUT2D eigenvalue weighted by Crippen LogP contribution is 2.28. The van der Waals surface area contributed by atoms with Crippen molar-refractivity contribution in [3.63, 3.8) is 0 Å². The third-order valence-corrected chi connectivity index (χ3v) is 3.99. The minimum atomic E-state index is 0.181. The van der Waals surface area contributed by atoms with Crippen LogP contribution >= 0.6 is 0 Å². The van der Waals surface area contributed by atoms with Crippen LogP contribution in [0.3, 0.4) is 0 Å². The van der Waals surface area contributed by atoms with Crippen LogP contribution in [0.2, 0.25) is 0 Å². The molecule has 0 fully saturated rings. The van der Waals surface area contributed by atoms with Crippen molar-refractivity contribution in [2.24, 2.45) is 0 Å². The van der Waals surface area contributed by atoms with Crippen molar-refractivity contribution in [1.29, 1.82) is 0 Å². The quantitative estimate of drug-likeness (QED) is 0.876. The SMILES string of the molecule is CNC(c1ccc(C(C)C)cc1)c1ccc(C)c(OC)c1. The summed E-state index contributed by atoms with van der Waals surface area (Å²) in [6.07, 6.45) is 0. The third-order valence-electron chi connectivity index (χ3n) is 3.99. The molecule has 112 valence electrons. The van der Waals surface area contributed by atoms with Gasteiger partial charge in [-0.05, 0) is 48.2 Å². The zero-order valence-corrected chi connectivity index (χ0v) is 13.6. The molecule has 1 unspecified atom stereocenters. The Morgan fingerprint density at radius 3 is 2.00 bits per heavy atom. The zero-order valence-electron chi connectivity index (χ0n) is 13.6. The van der Waals surface area contributed by atoms with Crippen LogP contribution in [0.1, 0.15) is 48.1 Å². The maximum absolute atomic E-state index is 5.44. The second kappa shape index (κ2) is 6.77. The first-order valence-electron chi connectivity index (χ1n) is 7.48. The van der Waals surface area contributed by atoms with Crippen LogP contribution in [0, 0.1) is 6.92 Å². The lowest BCUT2D eigenvalue weighted by molar-refractivity contribution is 0.410. The molecule has 2 aromatic carbocycles. The van der Waals surface area contributed by atoms with Crippen LogP contribution in [0.15, 0.2) is 42.5 Å². The monoisotopic (exact) mass is 283 g/mol. The van der Waals surface area contributed by atoms with E-state index in [1.807, 2.05) is 7.05 Å². The van der Waals surface area contributed by atoms with Gasteiger partial charge in [0, 0.05) is 0 Å². The van der Waals surface area contributed by atoms with E-state index >= 15 is 0 Å². The van der Waals surface area contributed by atoms with Gasteiger partial charge in [0.25, 0.3) is 0 Å². The summed E-state index contributed by atoms with van der Waals surface area (Å²) in [5.41, 5.74) is 5.02. The van der Waals surface area contributed by atoms with Crippen molar-refractivity contribution in [2.45, 2.75) is 32.7 Å². The topological polar surface area (TPSA) is 21.3 Å². The zero-order chi connectivity index (χ0) is 15.4. The second-order valence-electron chi connectivity index (χ2n) is 5.77. The van der Waals surface area contributed by atoms with E-state index in [1.165, 1.54) is 16.7 Å². The van der Waals surface area contributed by atoms with E-state index in [-0.39, 0.29) is 6.04 Å². The van der Waals surface area contributed by atoms with Gasteiger partial charge in [0.1, 0.15) is 5.75 Å². The maximum Gasteiger partial charge on any atom is 0.122 e. The average Bonchev–Trinajstić information content (AvgIpc) is 2.50. The predicted octanol–water partition coefficient (Wildman–Crippen LogP) is 4.44. The molecular weight excluding hydrogens is 258 g/mol. The number of methoxy groups -OCH3 is 1. The van der Waals surface area contributed by atoms with E-state index in [2.05, 4.69) is 68.6 Å². The fourth-order valence-electron chi connectivity index (χ4n) is 2.62. The minimum absolute atomic E-state index is 0.181. The van der Waals surface area contributed by atoms with Gasteiger partial charge in [-0.25, -0.2) is 0 Å². The van der Waals surface area contributed by atoms with Crippen molar-refractivity contribution < 1.29 is 4.74 Å². The molecule has 0 bridgehead atoms. The van der Waals surface area contributed by atoms with E-state index in [1.54, 1.807) is 7.11 Å². The largest absolute Gasteiger partial charge is 0.496 e. The Hall–Kier alpha value is -1.80.